The second-order valence-electron chi connectivity index (χ2n) is 4.45. The number of nitrogens with two attached hydrogens (primary N) is 1. The predicted octanol–water partition coefficient (Wildman–Crippen LogP) is 2.73. The highest BCUT2D eigenvalue weighted by molar-refractivity contribution is 5.54. The maximum atomic E-state index is 5.66. The summed E-state index contributed by atoms with van der Waals surface area (Å²) in [7, 11) is 2.17. The number of anilines is 1. The number of rotatable bonds is 6. The van der Waals surface area contributed by atoms with Gasteiger partial charge < -0.3 is 10.6 Å². The molecule has 90 valence electrons. The highest BCUT2D eigenvalue weighted by atomic mass is 15.1. The Bertz CT molecular complexity index is 321. The lowest BCUT2D eigenvalue weighted by atomic mass is 10.1. The van der Waals surface area contributed by atoms with E-state index < -0.39 is 0 Å². The van der Waals surface area contributed by atoms with Crippen LogP contribution in [0.15, 0.2) is 18.2 Å². The van der Waals surface area contributed by atoms with Gasteiger partial charge in [0, 0.05) is 19.3 Å². The fourth-order valence-corrected chi connectivity index (χ4v) is 1.96. The van der Waals surface area contributed by atoms with Gasteiger partial charge in [0.2, 0.25) is 0 Å². The summed E-state index contributed by atoms with van der Waals surface area (Å²) in [6.45, 7) is 6.20. The molecule has 0 spiro atoms. The topological polar surface area (TPSA) is 29.3 Å². The average Bonchev–Trinajstić information content (AvgIpc) is 2.26. The van der Waals surface area contributed by atoms with Crippen LogP contribution in [0.25, 0.3) is 0 Å². The zero-order valence-corrected chi connectivity index (χ0v) is 10.8. The molecule has 2 N–H and O–H groups in total. The van der Waals surface area contributed by atoms with Gasteiger partial charge in [0.05, 0.1) is 0 Å². The minimum absolute atomic E-state index is 0.720. The minimum atomic E-state index is 0.720. The van der Waals surface area contributed by atoms with Gasteiger partial charge in [-0.15, -0.1) is 0 Å². The summed E-state index contributed by atoms with van der Waals surface area (Å²) in [5.74, 6) is 0. The van der Waals surface area contributed by atoms with Crippen molar-refractivity contribution in [3.8, 4) is 0 Å². The van der Waals surface area contributed by atoms with Crippen molar-refractivity contribution in [1.82, 2.24) is 0 Å². The van der Waals surface area contributed by atoms with E-state index in [-0.39, 0.29) is 0 Å². The Morgan fingerprint density at radius 2 is 2.06 bits per heavy atom. The molecule has 16 heavy (non-hydrogen) atoms. The molecule has 1 rings (SSSR count). The molecule has 0 aliphatic carbocycles. The average molecular weight is 220 g/mol. The van der Waals surface area contributed by atoms with Crippen LogP contribution >= 0.6 is 0 Å². The Morgan fingerprint density at radius 1 is 1.31 bits per heavy atom. The normalized spacial score (nSPS) is 10.5. The molecule has 0 aromatic heterocycles. The summed E-state index contributed by atoms with van der Waals surface area (Å²) >= 11 is 0. The highest BCUT2D eigenvalue weighted by Gasteiger charge is 2.06. The van der Waals surface area contributed by atoms with Crippen LogP contribution in [0.3, 0.4) is 0 Å². The molecule has 0 unspecified atom stereocenters. The van der Waals surface area contributed by atoms with Gasteiger partial charge in [-0.2, -0.15) is 0 Å². The summed E-state index contributed by atoms with van der Waals surface area (Å²) in [4.78, 5) is 2.34. The Balaban J connectivity index is 2.84. The summed E-state index contributed by atoms with van der Waals surface area (Å²) in [6, 6.07) is 6.65. The Morgan fingerprint density at radius 3 is 2.69 bits per heavy atom. The fourth-order valence-electron chi connectivity index (χ4n) is 1.96. The van der Waals surface area contributed by atoms with Gasteiger partial charge in [0.15, 0.2) is 0 Å². The molecule has 0 bridgehead atoms. The lowest BCUT2D eigenvalue weighted by Crippen LogP contribution is -2.20. The van der Waals surface area contributed by atoms with Crippen LogP contribution in [-0.4, -0.2) is 20.1 Å². The van der Waals surface area contributed by atoms with Crippen molar-refractivity contribution < 1.29 is 0 Å². The van der Waals surface area contributed by atoms with Crippen molar-refractivity contribution in [3.05, 3.63) is 29.3 Å². The SMILES string of the molecule is CCCCN(C)c1ccc(C)cc1CCN. The quantitative estimate of drug-likeness (QED) is 0.798. The molecule has 2 heteroatoms. The van der Waals surface area contributed by atoms with E-state index in [1.165, 1.54) is 29.7 Å². The standard InChI is InChI=1S/C14H24N2/c1-4-5-10-16(3)14-7-6-12(2)11-13(14)8-9-15/h6-7,11H,4-5,8-10,15H2,1-3H3. The van der Waals surface area contributed by atoms with Crippen molar-refractivity contribution in [2.45, 2.75) is 33.1 Å². The molecule has 0 atom stereocenters. The molecule has 0 aliphatic heterocycles. The van der Waals surface area contributed by atoms with Crippen LogP contribution in [0, 0.1) is 6.92 Å². The number of aryl methyl sites for hydroxylation is 1. The summed E-state index contributed by atoms with van der Waals surface area (Å²) < 4.78 is 0. The van der Waals surface area contributed by atoms with E-state index in [1.54, 1.807) is 0 Å². The molecule has 0 aliphatic rings. The highest BCUT2D eigenvalue weighted by Crippen LogP contribution is 2.21. The minimum Gasteiger partial charge on any atom is -0.374 e. The van der Waals surface area contributed by atoms with Crippen molar-refractivity contribution >= 4 is 5.69 Å². The number of benzene rings is 1. The number of hydrogen-bond donors (Lipinski definition) is 1. The van der Waals surface area contributed by atoms with Crippen molar-refractivity contribution in [3.63, 3.8) is 0 Å². The maximum absolute atomic E-state index is 5.66. The van der Waals surface area contributed by atoms with Crippen LogP contribution in [0.4, 0.5) is 5.69 Å². The summed E-state index contributed by atoms with van der Waals surface area (Å²) in [5, 5.41) is 0. The van der Waals surface area contributed by atoms with Gasteiger partial charge in [0.1, 0.15) is 0 Å². The molecule has 0 heterocycles. The first kappa shape index (κ1) is 13.0. The van der Waals surface area contributed by atoms with Crippen molar-refractivity contribution in [2.75, 3.05) is 25.0 Å². The largest absolute Gasteiger partial charge is 0.374 e. The van der Waals surface area contributed by atoms with Crippen LogP contribution < -0.4 is 10.6 Å². The van der Waals surface area contributed by atoms with E-state index in [9.17, 15) is 0 Å². The molecule has 0 saturated heterocycles. The molecule has 0 amide bonds. The molecule has 0 radical (unpaired) electrons. The molecule has 1 aromatic rings. The Labute approximate surface area is 99.5 Å². The molecule has 2 nitrogen and oxygen atoms in total. The monoisotopic (exact) mass is 220 g/mol. The zero-order valence-electron chi connectivity index (χ0n) is 10.8. The third-order valence-electron chi connectivity index (χ3n) is 2.91. The third kappa shape index (κ3) is 3.53. The molecule has 0 fully saturated rings. The molecule has 0 saturated carbocycles. The van der Waals surface area contributed by atoms with Gasteiger partial charge in [0.25, 0.3) is 0 Å². The van der Waals surface area contributed by atoms with E-state index in [0.717, 1.165) is 19.5 Å². The maximum Gasteiger partial charge on any atom is 0.0396 e. The summed E-state index contributed by atoms with van der Waals surface area (Å²) in [5.41, 5.74) is 9.69. The van der Waals surface area contributed by atoms with Gasteiger partial charge >= 0.3 is 0 Å². The van der Waals surface area contributed by atoms with E-state index >= 15 is 0 Å². The second kappa shape index (κ2) is 6.54. The first-order valence-corrected chi connectivity index (χ1v) is 6.19. The predicted molar refractivity (Wildman–Crippen MR) is 72.1 cm³/mol. The van der Waals surface area contributed by atoms with E-state index in [4.69, 9.17) is 5.73 Å². The zero-order chi connectivity index (χ0) is 12.0. The van der Waals surface area contributed by atoms with Crippen LogP contribution in [0.5, 0.6) is 0 Å². The van der Waals surface area contributed by atoms with Gasteiger partial charge in [-0.1, -0.05) is 31.0 Å². The summed E-state index contributed by atoms with van der Waals surface area (Å²) in [6.07, 6.45) is 3.45. The first-order valence-electron chi connectivity index (χ1n) is 6.19. The van der Waals surface area contributed by atoms with E-state index in [2.05, 4.69) is 44.0 Å². The first-order chi connectivity index (χ1) is 7.69. The third-order valence-corrected chi connectivity index (χ3v) is 2.91. The molecule has 1 aromatic carbocycles. The van der Waals surface area contributed by atoms with Crippen molar-refractivity contribution in [2.24, 2.45) is 5.73 Å². The van der Waals surface area contributed by atoms with Gasteiger partial charge in [-0.05, 0) is 37.9 Å². The smallest absolute Gasteiger partial charge is 0.0396 e. The lowest BCUT2D eigenvalue weighted by molar-refractivity contribution is 0.762. The fraction of sp³-hybridized carbons (Fsp3) is 0.571. The van der Waals surface area contributed by atoms with E-state index in [0.29, 0.717) is 0 Å². The number of unbranched alkanes of at least 4 members (excludes halogenated alkanes) is 1. The van der Waals surface area contributed by atoms with Gasteiger partial charge in [-0.25, -0.2) is 0 Å². The van der Waals surface area contributed by atoms with Crippen LogP contribution in [-0.2, 0) is 6.42 Å². The Hall–Kier alpha value is -1.02. The second-order valence-corrected chi connectivity index (χ2v) is 4.45. The van der Waals surface area contributed by atoms with Crippen molar-refractivity contribution in [1.29, 1.82) is 0 Å². The molecular weight excluding hydrogens is 196 g/mol. The van der Waals surface area contributed by atoms with E-state index in [1.807, 2.05) is 0 Å². The lowest BCUT2D eigenvalue weighted by Gasteiger charge is -2.22. The number of nitrogens with zero attached hydrogens (tertiary/aromatic N) is 1. The van der Waals surface area contributed by atoms with Crippen LogP contribution in [0.2, 0.25) is 0 Å². The Kier molecular flexibility index (Phi) is 5.33. The molecular formula is C14H24N2. The van der Waals surface area contributed by atoms with Crippen LogP contribution in [0.1, 0.15) is 30.9 Å². The van der Waals surface area contributed by atoms with Gasteiger partial charge in [-0.3, -0.25) is 0 Å². The number of hydrogen-bond acceptors (Lipinski definition) is 2.